The zero-order valence-electron chi connectivity index (χ0n) is 10.1. The summed E-state index contributed by atoms with van der Waals surface area (Å²) >= 11 is 12.1. The number of amides is 1. The molecule has 0 radical (unpaired) electrons. The Labute approximate surface area is 116 Å². The molecule has 0 spiro atoms. The van der Waals surface area contributed by atoms with Crippen molar-refractivity contribution in [1.29, 1.82) is 0 Å². The topological polar surface area (TPSA) is 38.3 Å². The maximum Gasteiger partial charge on any atom is 0.253 e. The zero-order chi connectivity index (χ0) is 13.1. The average molecular weight is 288 g/mol. The molecular weight excluding hydrogens is 273 g/mol. The molecule has 1 aromatic rings. The van der Waals surface area contributed by atoms with Gasteiger partial charge < -0.3 is 10.1 Å². The number of rotatable bonds is 3. The van der Waals surface area contributed by atoms with Gasteiger partial charge in [-0.25, -0.2) is 0 Å². The number of hydrogen-bond donors (Lipinski definition) is 1. The van der Waals surface area contributed by atoms with Gasteiger partial charge >= 0.3 is 0 Å². The van der Waals surface area contributed by atoms with Crippen molar-refractivity contribution in [3.63, 3.8) is 0 Å². The first-order chi connectivity index (χ1) is 8.63. The average Bonchev–Trinajstić information content (AvgIpc) is 2.85. The Kier molecular flexibility index (Phi) is 4.36. The van der Waals surface area contributed by atoms with Gasteiger partial charge in [0.1, 0.15) is 10.8 Å². The van der Waals surface area contributed by atoms with Crippen LogP contribution in [-0.2, 0) is 0 Å². The molecule has 0 bridgehead atoms. The lowest BCUT2D eigenvalue weighted by atomic mass is 10.1. The molecule has 0 unspecified atom stereocenters. The SMILES string of the molecule is COc1ccc(C(=O)NC2CCCC2)c(Cl)c1Cl. The van der Waals surface area contributed by atoms with Crippen molar-refractivity contribution in [2.75, 3.05) is 7.11 Å². The van der Waals surface area contributed by atoms with E-state index in [9.17, 15) is 4.79 Å². The fraction of sp³-hybridized carbons (Fsp3) is 0.462. The van der Waals surface area contributed by atoms with Crippen molar-refractivity contribution < 1.29 is 9.53 Å². The van der Waals surface area contributed by atoms with Crippen LogP contribution < -0.4 is 10.1 Å². The Morgan fingerprint density at radius 1 is 1.28 bits per heavy atom. The van der Waals surface area contributed by atoms with Gasteiger partial charge in [0.25, 0.3) is 5.91 Å². The second-order valence-corrected chi connectivity index (χ2v) is 5.15. The summed E-state index contributed by atoms with van der Waals surface area (Å²) in [5, 5.41) is 3.50. The third-order valence-corrected chi connectivity index (χ3v) is 4.07. The molecule has 5 heteroatoms. The summed E-state index contributed by atoms with van der Waals surface area (Å²) in [7, 11) is 1.51. The number of methoxy groups -OCH3 is 1. The monoisotopic (exact) mass is 287 g/mol. The third kappa shape index (κ3) is 2.73. The molecule has 0 atom stereocenters. The zero-order valence-corrected chi connectivity index (χ0v) is 11.6. The lowest BCUT2D eigenvalue weighted by molar-refractivity contribution is 0.0938. The van der Waals surface area contributed by atoms with E-state index in [2.05, 4.69) is 5.32 Å². The van der Waals surface area contributed by atoms with E-state index in [-0.39, 0.29) is 22.0 Å². The number of nitrogens with one attached hydrogen (secondary N) is 1. The summed E-state index contributed by atoms with van der Waals surface area (Å²) < 4.78 is 5.05. The third-order valence-electron chi connectivity index (χ3n) is 3.20. The van der Waals surface area contributed by atoms with Crippen LogP contribution in [-0.4, -0.2) is 19.1 Å². The highest BCUT2D eigenvalue weighted by molar-refractivity contribution is 6.44. The highest BCUT2D eigenvalue weighted by Crippen LogP contribution is 2.34. The largest absolute Gasteiger partial charge is 0.495 e. The van der Waals surface area contributed by atoms with E-state index >= 15 is 0 Å². The summed E-state index contributed by atoms with van der Waals surface area (Å²) in [5.41, 5.74) is 0.398. The molecule has 1 aromatic carbocycles. The molecule has 0 aliphatic heterocycles. The first-order valence-electron chi connectivity index (χ1n) is 5.96. The Balaban J connectivity index is 2.17. The van der Waals surface area contributed by atoms with Crippen LogP contribution in [0.15, 0.2) is 12.1 Å². The minimum Gasteiger partial charge on any atom is -0.495 e. The van der Waals surface area contributed by atoms with Gasteiger partial charge in [0, 0.05) is 6.04 Å². The van der Waals surface area contributed by atoms with Crippen LogP contribution in [0.1, 0.15) is 36.0 Å². The summed E-state index contributed by atoms with van der Waals surface area (Å²) in [6.07, 6.45) is 4.41. The summed E-state index contributed by atoms with van der Waals surface area (Å²) in [5.74, 6) is 0.301. The normalized spacial score (nSPS) is 15.7. The molecule has 1 aliphatic rings. The fourth-order valence-electron chi connectivity index (χ4n) is 2.20. The van der Waals surface area contributed by atoms with Gasteiger partial charge in [-0.2, -0.15) is 0 Å². The van der Waals surface area contributed by atoms with Crippen LogP contribution in [0.4, 0.5) is 0 Å². The van der Waals surface area contributed by atoms with Crippen molar-refractivity contribution in [3.8, 4) is 5.75 Å². The van der Waals surface area contributed by atoms with Gasteiger partial charge in [-0.05, 0) is 25.0 Å². The molecule has 1 saturated carbocycles. The highest BCUT2D eigenvalue weighted by atomic mass is 35.5. The predicted octanol–water partition coefficient (Wildman–Crippen LogP) is 3.67. The Morgan fingerprint density at radius 2 is 1.94 bits per heavy atom. The first kappa shape index (κ1) is 13.5. The number of ether oxygens (including phenoxy) is 1. The van der Waals surface area contributed by atoms with E-state index in [1.54, 1.807) is 12.1 Å². The van der Waals surface area contributed by atoms with Crippen molar-refractivity contribution in [2.45, 2.75) is 31.7 Å². The Morgan fingerprint density at radius 3 is 2.56 bits per heavy atom. The quantitative estimate of drug-likeness (QED) is 0.921. The van der Waals surface area contributed by atoms with Crippen LogP contribution in [0, 0.1) is 0 Å². The van der Waals surface area contributed by atoms with Crippen LogP contribution in [0.3, 0.4) is 0 Å². The van der Waals surface area contributed by atoms with Crippen molar-refractivity contribution in [1.82, 2.24) is 5.32 Å². The number of benzene rings is 1. The lowest BCUT2D eigenvalue weighted by Gasteiger charge is -2.14. The number of hydrogen-bond acceptors (Lipinski definition) is 2. The standard InChI is InChI=1S/C13H15Cl2NO2/c1-18-10-7-6-9(11(14)12(10)15)13(17)16-8-4-2-3-5-8/h6-8H,2-5H2,1H3,(H,16,17). The van der Waals surface area contributed by atoms with Crippen molar-refractivity contribution >= 4 is 29.1 Å². The fourth-order valence-corrected chi connectivity index (χ4v) is 2.68. The van der Waals surface area contributed by atoms with Gasteiger partial charge in [0.05, 0.1) is 17.7 Å². The molecule has 98 valence electrons. The Hall–Kier alpha value is -0.930. The number of carbonyl (C=O) groups excluding carboxylic acids is 1. The second kappa shape index (κ2) is 5.81. The number of halogens is 2. The van der Waals surface area contributed by atoms with Crippen LogP contribution in [0.5, 0.6) is 5.75 Å². The maximum absolute atomic E-state index is 12.1. The van der Waals surface area contributed by atoms with Gasteiger partial charge in [-0.1, -0.05) is 36.0 Å². The number of carbonyl (C=O) groups is 1. The molecule has 3 nitrogen and oxygen atoms in total. The molecular formula is C13H15Cl2NO2. The first-order valence-corrected chi connectivity index (χ1v) is 6.72. The van der Waals surface area contributed by atoms with Crippen LogP contribution >= 0.6 is 23.2 Å². The van der Waals surface area contributed by atoms with Crippen molar-refractivity contribution in [3.05, 3.63) is 27.7 Å². The minimum atomic E-state index is -0.170. The van der Waals surface area contributed by atoms with Gasteiger partial charge in [0.15, 0.2) is 0 Å². The summed E-state index contributed by atoms with van der Waals surface area (Å²) in [6.45, 7) is 0. The molecule has 0 aromatic heterocycles. The molecule has 0 heterocycles. The second-order valence-electron chi connectivity index (χ2n) is 4.40. The van der Waals surface area contributed by atoms with Gasteiger partial charge in [-0.15, -0.1) is 0 Å². The van der Waals surface area contributed by atoms with E-state index in [1.807, 2.05) is 0 Å². The van der Waals surface area contributed by atoms with Crippen molar-refractivity contribution in [2.24, 2.45) is 0 Å². The molecule has 2 rings (SSSR count). The molecule has 1 amide bonds. The van der Waals surface area contributed by atoms with E-state index in [0.29, 0.717) is 11.3 Å². The maximum atomic E-state index is 12.1. The molecule has 0 saturated heterocycles. The van der Waals surface area contributed by atoms with Gasteiger partial charge in [0.2, 0.25) is 0 Å². The van der Waals surface area contributed by atoms with E-state index < -0.39 is 0 Å². The smallest absolute Gasteiger partial charge is 0.253 e. The molecule has 1 fully saturated rings. The summed E-state index contributed by atoms with van der Waals surface area (Å²) in [4.78, 5) is 12.1. The predicted molar refractivity (Wildman–Crippen MR) is 72.7 cm³/mol. The van der Waals surface area contributed by atoms with Gasteiger partial charge in [-0.3, -0.25) is 4.79 Å². The minimum absolute atomic E-state index is 0.170. The highest BCUT2D eigenvalue weighted by Gasteiger charge is 2.21. The van der Waals surface area contributed by atoms with Crippen LogP contribution in [0.25, 0.3) is 0 Å². The summed E-state index contributed by atoms with van der Waals surface area (Å²) in [6, 6.07) is 3.55. The molecule has 1 aliphatic carbocycles. The molecule has 18 heavy (non-hydrogen) atoms. The van der Waals surface area contributed by atoms with E-state index in [1.165, 1.54) is 20.0 Å². The van der Waals surface area contributed by atoms with E-state index in [4.69, 9.17) is 27.9 Å². The Bertz CT molecular complexity index is 457. The molecule has 1 N–H and O–H groups in total. The van der Waals surface area contributed by atoms with E-state index in [0.717, 1.165) is 12.8 Å². The van der Waals surface area contributed by atoms with Crippen LogP contribution in [0.2, 0.25) is 10.0 Å². The lowest BCUT2D eigenvalue weighted by Crippen LogP contribution is -2.32.